The highest BCUT2D eigenvalue weighted by Crippen LogP contribution is 2.31. The number of morpholine rings is 1. The van der Waals surface area contributed by atoms with E-state index in [9.17, 15) is 9.59 Å². The molecule has 0 atom stereocenters. The van der Waals surface area contributed by atoms with Gasteiger partial charge in [0.2, 0.25) is 0 Å². The van der Waals surface area contributed by atoms with Crippen LogP contribution in [0.25, 0.3) is 5.65 Å². The van der Waals surface area contributed by atoms with Crippen LogP contribution in [0, 0.1) is 0 Å². The third-order valence-corrected chi connectivity index (χ3v) is 5.81. The average molecular weight is 437 g/mol. The van der Waals surface area contributed by atoms with Gasteiger partial charge in [0.05, 0.1) is 30.8 Å². The molecule has 1 amide bonds. The van der Waals surface area contributed by atoms with Crippen molar-refractivity contribution >= 4 is 29.2 Å². The summed E-state index contributed by atoms with van der Waals surface area (Å²) in [5, 5.41) is 7.26. The van der Waals surface area contributed by atoms with Gasteiger partial charge in [0.1, 0.15) is 11.8 Å². The van der Waals surface area contributed by atoms with Gasteiger partial charge in [-0.1, -0.05) is 0 Å². The van der Waals surface area contributed by atoms with E-state index >= 15 is 0 Å². The fourth-order valence-corrected chi connectivity index (χ4v) is 3.69. The van der Waals surface area contributed by atoms with E-state index in [0.29, 0.717) is 61.4 Å². The van der Waals surface area contributed by atoms with Gasteiger partial charge in [-0.05, 0) is 44.7 Å². The van der Waals surface area contributed by atoms with Crippen molar-refractivity contribution in [3.8, 4) is 0 Å². The molecule has 1 saturated heterocycles. The Hall–Kier alpha value is -3.30. The zero-order valence-corrected chi connectivity index (χ0v) is 18.6. The van der Waals surface area contributed by atoms with Crippen LogP contribution in [0.4, 0.5) is 11.4 Å². The van der Waals surface area contributed by atoms with Crippen molar-refractivity contribution in [1.82, 2.24) is 19.5 Å². The van der Waals surface area contributed by atoms with Gasteiger partial charge in [-0.3, -0.25) is 14.5 Å². The number of hydrogen-bond acceptors (Lipinski definition) is 7. The molecule has 0 radical (unpaired) electrons. The Labute approximate surface area is 187 Å². The van der Waals surface area contributed by atoms with Gasteiger partial charge >= 0.3 is 0 Å². The first-order valence-corrected chi connectivity index (χ1v) is 10.7. The molecule has 0 unspecified atom stereocenters. The molecule has 1 aromatic carbocycles. The molecule has 1 fully saturated rings. The Morgan fingerprint density at radius 2 is 2.09 bits per heavy atom. The number of hydrogen-bond donors (Lipinski definition) is 1. The number of nitrogens with one attached hydrogen (secondary N) is 1. The first-order chi connectivity index (χ1) is 15.5. The second kappa shape index (κ2) is 9.46. The summed E-state index contributed by atoms with van der Waals surface area (Å²) in [6.45, 7) is 7.36. The van der Waals surface area contributed by atoms with Crippen molar-refractivity contribution in [2.24, 2.45) is 0 Å². The molecule has 1 aliphatic heterocycles. The Morgan fingerprint density at radius 3 is 2.81 bits per heavy atom. The van der Waals surface area contributed by atoms with Crippen molar-refractivity contribution < 1.29 is 14.3 Å². The van der Waals surface area contributed by atoms with Crippen LogP contribution < -0.4 is 10.2 Å². The first-order valence-electron chi connectivity index (χ1n) is 10.7. The second-order valence-corrected chi connectivity index (χ2v) is 8.19. The van der Waals surface area contributed by atoms with Gasteiger partial charge in [-0.15, -0.1) is 0 Å². The van der Waals surface area contributed by atoms with Gasteiger partial charge in [0, 0.05) is 43.6 Å². The summed E-state index contributed by atoms with van der Waals surface area (Å²) in [6, 6.07) is 5.85. The normalized spacial score (nSPS) is 14.3. The van der Waals surface area contributed by atoms with Gasteiger partial charge in [0.25, 0.3) is 5.91 Å². The average Bonchev–Trinajstić information content (AvgIpc) is 3.24. The van der Waals surface area contributed by atoms with Gasteiger partial charge in [-0.2, -0.15) is 5.10 Å². The Kier molecular flexibility index (Phi) is 6.48. The van der Waals surface area contributed by atoms with Crippen molar-refractivity contribution in [2.75, 3.05) is 43.6 Å². The molecule has 0 bridgehead atoms. The summed E-state index contributed by atoms with van der Waals surface area (Å²) in [5.74, 6) is -0.296. The van der Waals surface area contributed by atoms with E-state index in [2.05, 4.69) is 39.0 Å². The van der Waals surface area contributed by atoms with Gasteiger partial charge in [-0.25, -0.2) is 9.50 Å². The summed E-state index contributed by atoms with van der Waals surface area (Å²) in [6.07, 6.45) is 5.77. The van der Waals surface area contributed by atoms with Crippen molar-refractivity contribution in [1.29, 1.82) is 0 Å². The molecule has 4 rings (SSSR count). The molecular formula is C23H28N6O3. The summed E-state index contributed by atoms with van der Waals surface area (Å²) < 4.78 is 7.05. The fourth-order valence-electron chi connectivity index (χ4n) is 3.69. The number of anilines is 2. The zero-order valence-electron chi connectivity index (χ0n) is 18.6. The van der Waals surface area contributed by atoms with E-state index in [4.69, 9.17) is 4.74 Å². The third-order valence-electron chi connectivity index (χ3n) is 5.81. The number of aromatic nitrogens is 3. The Balaban J connectivity index is 1.73. The fraction of sp³-hybridized carbons (Fsp3) is 0.391. The SMILES string of the molecule is CC(C)N(C)Cc1cc(NC(=O)c2cnn3cccnc23)c(N2CCOCC2)cc1C=O. The smallest absolute Gasteiger partial charge is 0.261 e. The third kappa shape index (κ3) is 4.49. The Morgan fingerprint density at radius 1 is 1.31 bits per heavy atom. The van der Waals surface area contributed by atoms with Crippen LogP contribution in [0.5, 0.6) is 0 Å². The molecule has 9 nitrogen and oxygen atoms in total. The molecular weight excluding hydrogens is 408 g/mol. The maximum atomic E-state index is 13.2. The maximum Gasteiger partial charge on any atom is 0.261 e. The largest absolute Gasteiger partial charge is 0.378 e. The highest BCUT2D eigenvalue weighted by molar-refractivity contribution is 6.09. The van der Waals surface area contributed by atoms with Crippen LogP contribution >= 0.6 is 0 Å². The minimum absolute atomic E-state index is 0.296. The molecule has 32 heavy (non-hydrogen) atoms. The zero-order chi connectivity index (χ0) is 22.7. The van der Waals surface area contributed by atoms with E-state index in [1.165, 1.54) is 6.20 Å². The molecule has 3 heterocycles. The summed E-state index contributed by atoms with van der Waals surface area (Å²) in [5.41, 5.74) is 3.83. The van der Waals surface area contributed by atoms with E-state index in [1.54, 1.807) is 23.0 Å². The molecule has 0 saturated carbocycles. The van der Waals surface area contributed by atoms with Gasteiger partial charge in [0.15, 0.2) is 5.65 Å². The molecule has 9 heteroatoms. The van der Waals surface area contributed by atoms with Crippen molar-refractivity contribution in [3.63, 3.8) is 0 Å². The standard InChI is InChI=1S/C23H28N6O3/c1-16(2)27(3)14-17-11-20(21(12-18(17)15-30)28-7-9-32-10-8-28)26-23(31)19-13-25-29-6-4-5-24-22(19)29/h4-6,11-13,15-16H,7-10,14H2,1-3H3,(H,26,31). The van der Waals surface area contributed by atoms with Crippen LogP contribution in [0.1, 0.15) is 40.1 Å². The monoisotopic (exact) mass is 436 g/mol. The van der Waals surface area contributed by atoms with Crippen LogP contribution in [0.15, 0.2) is 36.8 Å². The quantitative estimate of drug-likeness (QED) is 0.569. The summed E-state index contributed by atoms with van der Waals surface area (Å²) >= 11 is 0. The lowest BCUT2D eigenvalue weighted by Gasteiger charge is -2.31. The number of fused-ring (bicyclic) bond motifs is 1. The summed E-state index contributed by atoms with van der Waals surface area (Å²) in [7, 11) is 2.01. The van der Waals surface area contributed by atoms with Crippen LogP contribution in [0.3, 0.4) is 0 Å². The van der Waals surface area contributed by atoms with E-state index in [-0.39, 0.29) is 5.91 Å². The number of ether oxygens (including phenoxy) is 1. The molecule has 168 valence electrons. The molecule has 0 aliphatic carbocycles. The number of aldehydes is 1. The van der Waals surface area contributed by atoms with Crippen LogP contribution in [-0.2, 0) is 11.3 Å². The molecule has 3 aromatic rings. The van der Waals surface area contributed by atoms with Crippen LogP contribution in [-0.4, -0.2) is 71.1 Å². The predicted molar refractivity (Wildman–Crippen MR) is 122 cm³/mol. The number of amides is 1. The van der Waals surface area contributed by atoms with E-state index in [0.717, 1.165) is 17.5 Å². The topological polar surface area (TPSA) is 92.1 Å². The number of carbonyl (C=O) groups excluding carboxylic acids is 2. The van der Waals surface area contributed by atoms with Crippen molar-refractivity contribution in [2.45, 2.75) is 26.4 Å². The first kappa shape index (κ1) is 21.9. The minimum Gasteiger partial charge on any atom is -0.378 e. The lowest BCUT2D eigenvalue weighted by Crippen LogP contribution is -2.37. The lowest BCUT2D eigenvalue weighted by atomic mass is 10.0. The number of nitrogens with zero attached hydrogens (tertiary/aromatic N) is 5. The highest BCUT2D eigenvalue weighted by atomic mass is 16.5. The number of rotatable bonds is 7. The minimum atomic E-state index is -0.296. The highest BCUT2D eigenvalue weighted by Gasteiger charge is 2.22. The molecule has 1 N–H and O–H groups in total. The lowest BCUT2D eigenvalue weighted by molar-refractivity contribution is 0.102. The van der Waals surface area contributed by atoms with Crippen LogP contribution in [0.2, 0.25) is 0 Å². The Bertz CT molecular complexity index is 1120. The molecule has 2 aromatic heterocycles. The van der Waals surface area contributed by atoms with Gasteiger partial charge < -0.3 is 15.0 Å². The summed E-state index contributed by atoms with van der Waals surface area (Å²) in [4.78, 5) is 33.7. The van der Waals surface area contributed by atoms with Crippen molar-refractivity contribution in [3.05, 3.63) is 53.5 Å². The predicted octanol–water partition coefficient (Wildman–Crippen LogP) is 2.47. The number of benzene rings is 1. The molecule has 0 spiro atoms. The second-order valence-electron chi connectivity index (χ2n) is 8.19. The van der Waals surface area contributed by atoms with E-state index < -0.39 is 0 Å². The van der Waals surface area contributed by atoms with E-state index in [1.807, 2.05) is 19.2 Å². The maximum absolute atomic E-state index is 13.2. The number of carbonyl (C=O) groups is 2. The molecule has 1 aliphatic rings.